The van der Waals surface area contributed by atoms with E-state index in [0.717, 1.165) is 23.4 Å². The van der Waals surface area contributed by atoms with Crippen LogP contribution in [0.5, 0.6) is 0 Å². The molecule has 20 heavy (non-hydrogen) atoms. The Balaban J connectivity index is 2.06. The molecule has 0 bridgehead atoms. The number of nitrogens with two attached hydrogens (primary N) is 1. The van der Waals surface area contributed by atoms with Gasteiger partial charge in [0.2, 0.25) is 0 Å². The Bertz CT molecular complexity index is 581. The maximum absolute atomic E-state index is 6.87. The van der Waals surface area contributed by atoms with E-state index < -0.39 is 0 Å². The van der Waals surface area contributed by atoms with Gasteiger partial charge in [-0.3, -0.25) is 0 Å². The molecule has 104 valence electrons. The van der Waals surface area contributed by atoms with E-state index in [9.17, 15) is 0 Å². The Hall–Kier alpha value is -1.31. The summed E-state index contributed by atoms with van der Waals surface area (Å²) in [5, 5.41) is 0.790. The van der Waals surface area contributed by atoms with E-state index in [4.69, 9.17) is 17.3 Å². The average Bonchev–Trinajstić information content (AvgIpc) is 2.49. The highest BCUT2D eigenvalue weighted by Gasteiger charge is 2.40. The molecule has 2 aromatic rings. The summed E-state index contributed by atoms with van der Waals surface area (Å²) in [6.45, 7) is 0. The van der Waals surface area contributed by atoms with Gasteiger partial charge in [-0.25, -0.2) is 0 Å². The van der Waals surface area contributed by atoms with Gasteiger partial charge < -0.3 is 5.73 Å². The topological polar surface area (TPSA) is 26.0 Å². The van der Waals surface area contributed by atoms with Crippen molar-refractivity contribution in [2.24, 2.45) is 5.73 Å². The number of hydrogen-bond acceptors (Lipinski definition) is 1. The van der Waals surface area contributed by atoms with Crippen LogP contribution < -0.4 is 5.73 Å². The minimum absolute atomic E-state index is 0.345. The normalized spacial score (nSPS) is 26.4. The zero-order chi connectivity index (χ0) is 14.0. The van der Waals surface area contributed by atoms with Crippen molar-refractivity contribution in [2.45, 2.75) is 37.1 Å². The summed E-state index contributed by atoms with van der Waals surface area (Å²) in [6.07, 6.45) is 4.54. The molecule has 0 amide bonds. The number of benzene rings is 2. The summed E-state index contributed by atoms with van der Waals surface area (Å²) < 4.78 is 0. The number of rotatable bonds is 2. The van der Waals surface area contributed by atoms with Crippen molar-refractivity contribution in [3.63, 3.8) is 0 Å². The Kier molecular flexibility index (Phi) is 3.82. The molecular formula is C18H20ClN. The number of halogens is 1. The first-order valence-corrected chi connectivity index (χ1v) is 7.68. The molecule has 0 spiro atoms. The predicted molar refractivity (Wildman–Crippen MR) is 85.0 cm³/mol. The lowest BCUT2D eigenvalue weighted by Gasteiger charge is -2.42. The molecule has 1 nitrogen and oxygen atoms in total. The monoisotopic (exact) mass is 285 g/mol. The highest BCUT2D eigenvalue weighted by molar-refractivity contribution is 6.31. The Labute approximate surface area is 125 Å². The van der Waals surface area contributed by atoms with E-state index in [2.05, 4.69) is 36.4 Å². The van der Waals surface area contributed by atoms with Gasteiger partial charge in [0.05, 0.1) is 0 Å². The molecule has 2 unspecified atom stereocenters. The van der Waals surface area contributed by atoms with Gasteiger partial charge in [0.25, 0.3) is 0 Å². The van der Waals surface area contributed by atoms with Gasteiger partial charge in [-0.15, -0.1) is 0 Å². The van der Waals surface area contributed by atoms with Crippen LogP contribution in [0.2, 0.25) is 5.02 Å². The maximum Gasteiger partial charge on any atom is 0.0493 e. The lowest BCUT2D eigenvalue weighted by Crippen LogP contribution is -2.45. The molecule has 1 aliphatic carbocycles. The van der Waals surface area contributed by atoms with Crippen LogP contribution >= 0.6 is 11.6 Å². The zero-order valence-electron chi connectivity index (χ0n) is 11.6. The molecule has 1 aliphatic rings. The minimum Gasteiger partial charge on any atom is -0.321 e. The van der Waals surface area contributed by atoms with Crippen LogP contribution in [0, 0.1) is 0 Å². The first-order chi connectivity index (χ1) is 9.72. The molecule has 0 heterocycles. The van der Waals surface area contributed by atoms with E-state index in [1.54, 1.807) is 0 Å². The molecule has 1 fully saturated rings. The van der Waals surface area contributed by atoms with Crippen molar-refractivity contribution in [1.82, 2.24) is 0 Å². The van der Waals surface area contributed by atoms with Crippen molar-refractivity contribution in [1.29, 1.82) is 0 Å². The molecule has 0 aliphatic heterocycles. The highest BCUT2D eigenvalue weighted by atomic mass is 35.5. The van der Waals surface area contributed by atoms with Gasteiger partial charge >= 0.3 is 0 Å². The van der Waals surface area contributed by atoms with Crippen molar-refractivity contribution >= 4 is 11.6 Å². The molecule has 1 saturated carbocycles. The highest BCUT2D eigenvalue weighted by Crippen LogP contribution is 2.47. The van der Waals surface area contributed by atoms with Crippen LogP contribution in [0.4, 0.5) is 0 Å². The van der Waals surface area contributed by atoms with Gasteiger partial charge in [-0.1, -0.05) is 73.0 Å². The summed E-state index contributed by atoms with van der Waals surface area (Å²) in [4.78, 5) is 0. The van der Waals surface area contributed by atoms with Crippen LogP contribution in [0.3, 0.4) is 0 Å². The second-order valence-corrected chi connectivity index (χ2v) is 6.14. The molecular weight excluding hydrogens is 266 g/mol. The van der Waals surface area contributed by atoms with E-state index in [1.807, 2.05) is 18.2 Å². The van der Waals surface area contributed by atoms with E-state index >= 15 is 0 Å². The van der Waals surface area contributed by atoms with Crippen LogP contribution in [-0.2, 0) is 5.54 Å². The Morgan fingerprint density at radius 1 is 0.950 bits per heavy atom. The lowest BCUT2D eigenvalue weighted by atomic mass is 9.67. The summed E-state index contributed by atoms with van der Waals surface area (Å²) in [5.74, 6) is 0.345. The summed E-state index contributed by atoms with van der Waals surface area (Å²) >= 11 is 6.42. The second kappa shape index (κ2) is 5.59. The van der Waals surface area contributed by atoms with Crippen LogP contribution in [-0.4, -0.2) is 0 Å². The molecule has 0 saturated heterocycles. The molecule has 2 atom stereocenters. The van der Waals surface area contributed by atoms with Gasteiger partial charge in [0, 0.05) is 16.5 Å². The largest absolute Gasteiger partial charge is 0.321 e. The molecule has 2 heteroatoms. The lowest BCUT2D eigenvalue weighted by molar-refractivity contribution is 0.254. The van der Waals surface area contributed by atoms with Crippen molar-refractivity contribution in [3.05, 3.63) is 70.7 Å². The quantitative estimate of drug-likeness (QED) is 0.838. The van der Waals surface area contributed by atoms with E-state index in [0.29, 0.717) is 5.92 Å². The third-order valence-corrected chi connectivity index (χ3v) is 4.86. The fourth-order valence-corrected chi connectivity index (χ4v) is 3.82. The summed E-state index contributed by atoms with van der Waals surface area (Å²) in [7, 11) is 0. The van der Waals surface area contributed by atoms with Gasteiger partial charge in [-0.05, 0) is 30.0 Å². The smallest absolute Gasteiger partial charge is 0.0493 e. The molecule has 0 radical (unpaired) electrons. The number of hydrogen-bond donors (Lipinski definition) is 1. The fraction of sp³-hybridized carbons (Fsp3) is 0.333. The molecule has 3 rings (SSSR count). The van der Waals surface area contributed by atoms with E-state index in [1.165, 1.54) is 18.4 Å². The van der Waals surface area contributed by atoms with Gasteiger partial charge in [0.15, 0.2) is 0 Å². The Morgan fingerprint density at radius 2 is 1.65 bits per heavy atom. The molecule has 2 aromatic carbocycles. The minimum atomic E-state index is -0.349. The zero-order valence-corrected chi connectivity index (χ0v) is 12.3. The average molecular weight is 286 g/mol. The van der Waals surface area contributed by atoms with Crippen LogP contribution in [0.15, 0.2) is 54.6 Å². The third kappa shape index (κ3) is 2.36. The first kappa shape index (κ1) is 13.7. The van der Waals surface area contributed by atoms with Gasteiger partial charge in [-0.2, -0.15) is 0 Å². The van der Waals surface area contributed by atoms with Gasteiger partial charge in [0.1, 0.15) is 0 Å². The molecule has 0 aromatic heterocycles. The molecule has 2 N–H and O–H groups in total. The Morgan fingerprint density at radius 3 is 2.40 bits per heavy atom. The van der Waals surface area contributed by atoms with Crippen LogP contribution in [0.1, 0.15) is 42.7 Å². The van der Waals surface area contributed by atoms with Crippen molar-refractivity contribution in [2.75, 3.05) is 0 Å². The van der Waals surface area contributed by atoms with Crippen molar-refractivity contribution < 1.29 is 0 Å². The maximum atomic E-state index is 6.87. The first-order valence-electron chi connectivity index (χ1n) is 7.30. The third-order valence-electron chi connectivity index (χ3n) is 4.53. The standard InChI is InChI=1S/C18H20ClN/c19-17-12-5-4-11-16(17)18(20)13-7-6-10-15(18)14-8-2-1-3-9-14/h1-5,8-9,11-12,15H,6-7,10,13,20H2. The summed E-state index contributed by atoms with van der Waals surface area (Å²) in [6, 6.07) is 18.7. The van der Waals surface area contributed by atoms with Crippen molar-refractivity contribution in [3.8, 4) is 0 Å². The van der Waals surface area contributed by atoms with Crippen LogP contribution in [0.25, 0.3) is 0 Å². The fourth-order valence-electron chi connectivity index (χ4n) is 3.51. The SMILES string of the molecule is NC1(c2ccccc2Cl)CCCCC1c1ccccc1. The summed E-state index contributed by atoms with van der Waals surface area (Å²) in [5.41, 5.74) is 8.94. The van der Waals surface area contributed by atoms with E-state index in [-0.39, 0.29) is 5.54 Å². The predicted octanol–water partition coefficient (Wildman–Crippen LogP) is 4.85. The second-order valence-electron chi connectivity index (χ2n) is 5.73.